The Balaban J connectivity index is 2.05. The molecule has 1 amide bonds. The minimum absolute atomic E-state index is 0.374. The van der Waals surface area contributed by atoms with Gasteiger partial charge in [-0.3, -0.25) is 4.79 Å². The van der Waals surface area contributed by atoms with E-state index in [4.69, 9.17) is 5.73 Å². The van der Waals surface area contributed by atoms with Gasteiger partial charge in [0, 0.05) is 6.42 Å². The molecule has 3 rings (SSSR count). The molecule has 21 heavy (non-hydrogen) atoms. The number of carbonyl (C=O) groups is 1. The summed E-state index contributed by atoms with van der Waals surface area (Å²) in [7, 11) is 0. The van der Waals surface area contributed by atoms with Gasteiger partial charge in [-0.25, -0.2) is 5.01 Å². The molecule has 1 aliphatic rings. The smallest absolute Gasteiger partial charge is 0.245 e. The molecule has 2 aromatic rings. The Morgan fingerprint density at radius 3 is 2.24 bits per heavy atom. The van der Waals surface area contributed by atoms with Gasteiger partial charge in [-0.2, -0.15) is 5.10 Å². The molecule has 0 fully saturated rings. The fraction of sp³-hybridized carbons (Fsp3) is 0.176. The predicted octanol–water partition coefficient (Wildman–Crippen LogP) is 2.54. The number of para-hydroxylation sites is 1. The second kappa shape index (κ2) is 5.05. The molecule has 0 saturated carbocycles. The second-order valence-corrected chi connectivity index (χ2v) is 5.37. The van der Waals surface area contributed by atoms with Crippen LogP contribution >= 0.6 is 0 Å². The van der Waals surface area contributed by atoms with Crippen molar-refractivity contribution in [2.75, 3.05) is 5.01 Å². The van der Waals surface area contributed by atoms with Gasteiger partial charge in [0.2, 0.25) is 5.91 Å². The highest BCUT2D eigenvalue weighted by atomic mass is 16.2. The number of hydrazone groups is 1. The van der Waals surface area contributed by atoms with E-state index in [9.17, 15) is 4.79 Å². The Bertz CT molecular complexity index is 682. The van der Waals surface area contributed by atoms with E-state index in [-0.39, 0.29) is 5.91 Å². The topological polar surface area (TPSA) is 58.7 Å². The molecule has 0 spiro atoms. The largest absolute Gasteiger partial charge is 0.368 e. The fourth-order valence-corrected chi connectivity index (χ4v) is 2.56. The zero-order valence-electron chi connectivity index (χ0n) is 11.9. The summed E-state index contributed by atoms with van der Waals surface area (Å²) in [6.07, 6.45) is 0.501. The monoisotopic (exact) mass is 279 g/mol. The van der Waals surface area contributed by atoms with Crippen LogP contribution in [0.5, 0.6) is 0 Å². The molecule has 0 radical (unpaired) electrons. The van der Waals surface area contributed by atoms with Crippen LogP contribution in [0.4, 0.5) is 5.69 Å². The lowest BCUT2D eigenvalue weighted by molar-refractivity contribution is -0.122. The number of rotatable bonds is 3. The van der Waals surface area contributed by atoms with Crippen molar-refractivity contribution in [2.45, 2.75) is 18.9 Å². The zero-order valence-corrected chi connectivity index (χ0v) is 11.9. The number of benzene rings is 2. The molecule has 1 unspecified atom stereocenters. The van der Waals surface area contributed by atoms with Gasteiger partial charge >= 0.3 is 0 Å². The summed E-state index contributed by atoms with van der Waals surface area (Å²) < 4.78 is 0. The van der Waals surface area contributed by atoms with Crippen molar-refractivity contribution in [2.24, 2.45) is 10.8 Å². The third kappa shape index (κ3) is 2.29. The van der Waals surface area contributed by atoms with Gasteiger partial charge in [-0.1, -0.05) is 48.5 Å². The molecule has 4 nitrogen and oxygen atoms in total. The van der Waals surface area contributed by atoms with Gasteiger partial charge in [-0.05, 0) is 24.6 Å². The predicted molar refractivity (Wildman–Crippen MR) is 84.1 cm³/mol. The molecule has 106 valence electrons. The lowest BCUT2D eigenvalue weighted by Crippen LogP contribution is -2.51. The fourth-order valence-electron chi connectivity index (χ4n) is 2.56. The van der Waals surface area contributed by atoms with E-state index in [1.165, 1.54) is 0 Å². The van der Waals surface area contributed by atoms with Crippen molar-refractivity contribution < 1.29 is 4.79 Å². The van der Waals surface area contributed by atoms with E-state index in [0.29, 0.717) is 6.42 Å². The summed E-state index contributed by atoms with van der Waals surface area (Å²) in [5, 5.41) is 6.39. The van der Waals surface area contributed by atoms with Crippen LogP contribution in [0.25, 0.3) is 0 Å². The third-order valence-electron chi connectivity index (χ3n) is 3.84. The SMILES string of the molecule is CC1(C(N)=O)CC(c2ccccc2)=NN1c1ccccc1. The Kier molecular flexibility index (Phi) is 3.22. The first-order valence-electron chi connectivity index (χ1n) is 6.89. The summed E-state index contributed by atoms with van der Waals surface area (Å²) in [4.78, 5) is 12.0. The number of nitrogens with two attached hydrogens (primary N) is 1. The Morgan fingerprint density at radius 2 is 1.67 bits per heavy atom. The van der Waals surface area contributed by atoms with Crippen molar-refractivity contribution in [3.63, 3.8) is 0 Å². The maximum absolute atomic E-state index is 12.0. The van der Waals surface area contributed by atoms with E-state index in [2.05, 4.69) is 5.10 Å². The highest BCUT2D eigenvalue weighted by Gasteiger charge is 2.44. The van der Waals surface area contributed by atoms with Gasteiger partial charge in [0.1, 0.15) is 5.54 Å². The standard InChI is InChI=1S/C17H17N3O/c1-17(16(18)21)12-15(13-8-4-2-5-9-13)19-20(17)14-10-6-3-7-11-14/h2-11H,12H2,1H3,(H2,18,21). The highest BCUT2D eigenvalue weighted by Crippen LogP contribution is 2.34. The first-order chi connectivity index (χ1) is 10.1. The van der Waals surface area contributed by atoms with Gasteiger partial charge < -0.3 is 5.73 Å². The lowest BCUT2D eigenvalue weighted by Gasteiger charge is -2.31. The van der Waals surface area contributed by atoms with Crippen molar-refractivity contribution in [1.29, 1.82) is 0 Å². The minimum atomic E-state index is -0.841. The molecule has 1 heterocycles. The zero-order chi connectivity index (χ0) is 14.9. The van der Waals surface area contributed by atoms with Crippen LogP contribution in [0.3, 0.4) is 0 Å². The van der Waals surface area contributed by atoms with Crippen molar-refractivity contribution in [3.05, 3.63) is 66.2 Å². The number of nitrogens with zero attached hydrogens (tertiary/aromatic N) is 2. The van der Waals surface area contributed by atoms with E-state index in [1.54, 1.807) is 5.01 Å². The third-order valence-corrected chi connectivity index (χ3v) is 3.84. The van der Waals surface area contributed by atoms with Crippen LogP contribution in [-0.2, 0) is 4.79 Å². The van der Waals surface area contributed by atoms with Crippen LogP contribution in [0.15, 0.2) is 65.8 Å². The Morgan fingerprint density at radius 1 is 1.10 bits per heavy atom. The number of primary amides is 1. The molecule has 1 atom stereocenters. The van der Waals surface area contributed by atoms with Crippen molar-refractivity contribution >= 4 is 17.3 Å². The molecular weight excluding hydrogens is 262 g/mol. The molecule has 0 saturated heterocycles. The molecule has 1 aliphatic heterocycles. The van der Waals surface area contributed by atoms with E-state index in [0.717, 1.165) is 17.0 Å². The summed E-state index contributed by atoms with van der Waals surface area (Å²) in [5.41, 5.74) is 7.56. The number of anilines is 1. The first-order valence-corrected chi connectivity index (χ1v) is 6.89. The molecular formula is C17H17N3O. The molecule has 4 heteroatoms. The average Bonchev–Trinajstić information content (AvgIpc) is 2.88. The Labute approximate surface area is 123 Å². The summed E-state index contributed by atoms with van der Waals surface area (Å²) in [6.45, 7) is 1.84. The van der Waals surface area contributed by atoms with Gasteiger partial charge in [0.25, 0.3) is 0 Å². The quantitative estimate of drug-likeness (QED) is 0.938. The minimum Gasteiger partial charge on any atom is -0.368 e. The first kappa shape index (κ1) is 13.4. The molecule has 0 aliphatic carbocycles. The molecule has 2 N–H and O–H groups in total. The maximum atomic E-state index is 12.0. The summed E-state index contributed by atoms with van der Waals surface area (Å²) in [5.74, 6) is -0.374. The highest BCUT2D eigenvalue weighted by molar-refractivity contribution is 6.08. The maximum Gasteiger partial charge on any atom is 0.245 e. The number of carbonyl (C=O) groups excluding carboxylic acids is 1. The van der Waals surface area contributed by atoms with Crippen molar-refractivity contribution in [1.82, 2.24) is 0 Å². The average molecular weight is 279 g/mol. The number of amides is 1. The number of hydrogen-bond acceptors (Lipinski definition) is 3. The van der Waals surface area contributed by atoms with Crippen LogP contribution in [0.1, 0.15) is 18.9 Å². The second-order valence-electron chi connectivity index (χ2n) is 5.37. The van der Waals surface area contributed by atoms with Gasteiger partial charge in [-0.15, -0.1) is 0 Å². The van der Waals surface area contributed by atoms with E-state index >= 15 is 0 Å². The summed E-state index contributed by atoms with van der Waals surface area (Å²) >= 11 is 0. The van der Waals surface area contributed by atoms with Crippen LogP contribution < -0.4 is 10.7 Å². The lowest BCUT2D eigenvalue weighted by atomic mass is 9.92. The molecule has 0 bridgehead atoms. The summed E-state index contributed by atoms with van der Waals surface area (Å²) in [6, 6.07) is 19.5. The van der Waals surface area contributed by atoms with E-state index in [1.807, 2.05) is 67.6 Å². The van der Waals surface area contributed by atoms with Crippen LogP contribution in [0, 0.1) is 0 Å². The van der Waals surface area contributed by atoms with E-state index < -0.39 is 5.54 Å². The normalized spacial score (nSPS) is 21.2. The Hall–Kier alpha value is -2.62. The van der Waals surface area contributed by atoms with Gasteiger partial charge in [0.05, 0.1) is 11.4 Å². The van der Waals surface area contributed by atoms with Gasteiger partial charge in [0.15, 0.2) is 0 Å². The van der Waals surface area contributed by atoms with Crippen LogP contribution in [0.2, 0.25) is 0 Å². The molecule has 2 aromatic carbocycles. The van der Waals surface area contributed by atoms with Crippen molar-refractivity contribution in [3.8, 4) is 0 Å². The van der Waals surface area contributed by atoms with Crippen LogP contribution in [-0.4, -0.2) is 17.2 Å². The number of hydrogen-bond donors (Lipinski definition) is 1. The molecule has 0 aromatic heterocycles.